The van der Waals surface area contributed by atoms with Crippen LogP contribution in [0.2, 0.25) is 0 Å². The van der Waals surface area contributed by atoms with E-state index in [0.717, 1.165) is 17.9 Å². The predicted octanol–water partition coefficient (Wildman–Crippen LogP) is 6.40. The molecule has 1 aliphatic carbocycles. The maximum atomic E-state index is 6.26. The van der Waals surface area contributed by atoms with Gasteiger partial charge in [-0.05, 0) is 42.0 Å². The van der Waals surface area contributed by atoms with E-state index in [1.807, 2.05) is 6.07 Å². The standard InChI is InChI=1S/C26H25NO/c1-18-8-5-11-20(16-18)25-22-13-6-12-21(22)23-14-7-15-24(26(23)27-25)28-17-19-9-3-2-4-10-19/h2-12,14-16,21-22,25,27H,13,17H2,1H3. The molecule has 1 N–H and O–H groups in total. The third-order valence-electron chi connectivity index (χ3n) is 6.00. The van der Waals surface area contributed by atoms with Crippen LogP contribution in [0.5, 0.6) is 5.75 Å². The van der Waals surface area contributed by atoms with Crippen LogP contribution in [0, 0.1) is 12.8 Å². The summed E-state index contributed by atoms with van der Waals surface area (Å²) < 4.78 is 6.26. The normalized spacial score (nSPS) is 22.2. The Bertz CT molecular complexity index is 1010. The van der Waals surface area contributed by atoms with Gasteiger partial charge in [0.2, 0.25) is 0 Å². The van der Waals surface area contributed by atoms with Gasteiger partial charge in [0, 0.05) is 5.92 Å². The SMILES string of the molecule is Cc1cccc(C2Nc3c(OCc4ccccc4)cccc3C3C=CCC32)c1. The summed E-state index contributed by atoms with van der Waals surface area (Å²) in [6.45, 7) is 2.75. The van der Waals surface area contributed by atoms with Gasteiger partial charge in [0.05, 0.1) is 11.7 Å². The highest BCUT2D eigenvalue weighted by atomic mass is 16.5. The Morgan fingerprint density at radius 3 is 2.68 bits per heavy atom. The van der Waals surface area contributed by atoms with Crippen molar-refractivity contribution < 1.29 is 4.74 Å². The van der Waals surface area contributed by atoms with Crippen molar-refractivity contribution in [2.75, 3.05) is 5.32 Å². The van der Waals surface area contributed by atoms with E-state index in [9.17, 15) is 0 Å². The number of rotatable bonds is 4. The van der Waals surface area contributed by atoms with Crippen LogP contribution in [0.1, 0.15) is 40.6 Å². The monoisotopic (exact) mass is 367 g/mol. The van der Waals surface area contributed by atoms with Crippen LogP contribution in [-0.4, -0.2) is 0 Å². The number of hydrogen-bond donors (Lipinski definition) is 1. The van der Waals surface area contributed by atoms with Crippen LogP contribution < -0.4 is 10.1 Å². The van der Waals surface area contributed by atoms with E-state index >= 15 is 0 Å². The molecule has 0 spiro atoms. The van der Waals surface area contributed by atoms with Crippen LogP contribution in [0.4, 0.5) is 5.69 Å². The number of para-hydroxylation sites is 1. The largest absolute Gasteiger partial charge is 0.487 e. The molecule has 3 atom stereocenters. The molecule has 2 nitrogen and oxygen atoms in total. The van der Waals surface area contributed by atoms with E-state index in [2.05, 4.69) is 91.1 Å². The average molecular weight is 367 g/mol. The Morgan fingerprint density at radius 1 is 0.964 bits per heavy atom. The van der Waals surface area contributed by atoms with Gasteiger partial charge in [-0.25, -0.2) is 0 Å². The van der Waals surface area contributed by atoms with Gasteiger partial charge >= 0.3 is 0 Å². The van der Waals surface area contributed by atoms with Crippen molar-refractivity contribution in [1.29, 1.82) is 0 Å². The molecule has 2 heteroatoms. The third kappa shape index (κ3) is 3.09. The Morgan fingerprint density at radius 2 is 1.82 bits per heavy atom. The minimum Gasteiger partial charge on any atom is -0.487 e. The van der Waals surface area contributed by atoms with Gasteiger partial charge in [0.15, 0.2) is 0 Å². The number of hydrogen-bond acceptors (Lipinski definition) is 2. The van der Waals surface area contributed by atoms with Crippen molar-refractivity contribution >= 4 is 5.69 Å². The van der Waals surface area contributed by atoms with Gasteiger partial charge in [-0.2, -0.15) is 0 Å². The summed E-state index contributed by atoms with van der Waals surface area (Å²) in [6.07, 6.45) is 5.84. The first kappa shape index (κ1) is 17.1. The highest BCUT2D eigenvalue weighted by Gasteiger charge is 2.38. The maximum Gasteiger partial charge on any atom is 0.143 e. The summed E-state index contributed by atoms with van der Waals surface area (Å²) >= 11 is 0. The summed E-state index contributed by atoms with van der Waals surface area (Å²) in [7, 11) is 0. The Kier molecular flexibility index (Phi) is 4.40. The zero-order valence-electron chi connectivity index (χ0n) is 16.1. The predicted molar refractivity (Wildman–Crippen MR) is 115 cm³/mol. The molecule has 0 aromatic heterocycles. The zero-order chi connectivity index (χ0) is 18.9. The second-order valence-electron chi connectivity index (χ2n) is 7.88. The smallest absolute Gasteiger partial charge is 0.143 e. The molecule has 2 aliphatic rings. The number of nitrogens with one attached hydrogen (secondary N) is 1. The number of ether oxygens (including phenoxy) is 1. The van der Waals surface area contributed by atoms with E-state index < -0.39 is 0 Å². The highest BCUT2D eigenvalue weighted by Crippen LogP contribution is 2.52. The van der Waals surface area contributed by atoms with Gasteiger partial charge in [-0.15, -0.1) is 0 Å². The number of fused-ring (bicyclic) bond motifs is 3. The first-order chi connectivity index (χ1) is 13.8. The summed E-state index contributed by atoms with van der Waals surface area (Å²) in [4.78, 5) is 0. The maximum absolute atomic E-state index is 6.26. The van der Waals surface area contributed by atoms with Crippen molar-refractivity contribution in [3.8, 4) is 5.75 Å². The average Bonchev–Trinajstić information content (AvgIpc) is 3.22. The van der Waals surface area contributed by atoms with Gasteiger partial charge in [0.1, 0.15) is 12.4 Å². The fourth-order valence-electron chi connectivity index (χ4n) is 4.64. The molecule has 140 valence electrons. The first-order valence-electron chi connectivity index (χ1n) is 10.1. The van der Waals surface area contributed by atoms with Crippen molar-refractivity contribution in [1.82, 2.24) is 0 Å². The summed E-state index contributed by atoms with van der Waals surface area (Å²) in [5.74, 6) is 1.94. The minimum atomic E-state index is 0.300. The number of benzene rings is 3. The molecular weight excluding hydrogens is 342 g/mol. The molecule has 0 radical (unpaired) electrons. The van der Waals surface area contributed by atoms with Crippen molar-refractivity contribution in [3.63, 3.8) is 0 Å². The number of aryl methyl sites for hydroxylation is 1. The topological polar surface area (TPSA) is 21.3 Å². The van der Waals surface area contributed by atoms with Crippen molar-refractivity contribution in [2.24, 2.45) is 5.92 Å². The van der Waals surface area contributed by atoms with Crippen molar-refractivity contribution in [2.45, 2.75) is 31.9 Å². The van der Waals surface area contributed by atoms with Gasteiger partial charge in [0.25, 0.3) is 0 Å². The molecule has 1 aliphatic heterocycles. The fourth-order valence-corrected chi connectivity index (χ4v) is 4.64. The minimum absolute atomic E-state index is 0.300. The molecular formula is C26H25NO. The molecule has 3 aromatic carbocycles. The van der Waals surface area contributed by atoms with Crippen LogP contribution in [-0.2, 0) is 6.61 Å². The van der Waals surface area contributed by atoms with Crippen LogP contribution in [0.15, 0.2) is 84.9 Å². The lowest BCUT2D eigenvalue weighted by molar-refractivity contribution is 0.304. The van der Waals surface area contributed by atoms with E-state index in [4.69, 9.17) is 4.74 Å². The second kappa shape index (κ2) is 7.20. The molecule has 3 unspecified atom stereocenters. The van der Waals surface area contributed by atoms with Gasteiger partial charge < -0.3 is 10.1 Å². The molecule has 0 amide bonds. The van der Waals surface area contributed by atoms with E-state index in [-0.39, 0.29) is 0 Å². The summed E-state index contributed by atoms with van der Waals surface area (Å²) in [5.41, 5.74) is 6.36. The van der Waals surface area contributed by atoms with Crippen LogP contribution >= 0.6 is 0 Å². The number of anilines is 1. The van der Waals surface area contributed by atoms with E-state index in [0.29, 0.717) is 24.5 Å². The van der Waals surface area contributed by atoms with Gasteiger partial charge in [-0.1, -0.05) is 84.4 Å². The van der Waals surface area contributed by atoms with Crippen LogP contribution in [0.3, 0.4) is 0 Å². The highest BCUT2D eigenvalue weighted by molar-refractivity contribution is 5.67. The number of allylic oxidation sites excluding steroid dienone is 2. The summed E-state index contributed by atoms with van der Waals surface area (Å²) in [5, 5.41) is 3.85. The molecule has 0 saturated heterocycles. The second-order valence-corrected chi connectivity index (χ2v) is 7.88. The molecule has 0 fully saturated rings. The van der Waals surface area contributed by atoms with E-state index in [1.54, 1.807) is 0 Å². The van der Waals surface area contributed by atoms with Gasteiger partial charge in [-0.3, -0.25) is 0 Å². The molecule has 28 heavy (non-hydrogen) atoms. The first-order valence-corrected chi connectivity index (χ1v) is 10.1. The molecule has 3 aromatic rings. The molecule has 0 saturated carbocycles. The van der Waals surface area contributed by atoms with E-state index in [1.165, 1.54) is 22.3 Å². The summed E-state index contributed by atoms with van der Waals surface area (Å²) in [6, 6.07) is 26.0. The fraction of sp³-hybridized carbons (Fsp3) is 0.231. The Balaban J connectivity index is 1.50. The Hall–Kier alpha value is -3.00. The Labute approximate surface area is 166 Å². The lowest BCUT2D eigenvalue weighted by Gasteiger charge is -2.38. The van der Waals surface area contributed by atoms with Crippen molar-refractivity contribution in [3.05, 3.63) is 107 Å². The lowest BCUT2D eigenvalue weighted by Crippen LogP contribution is -2.29. The van der Waals surface area contributed by atoms with Crippen LogP contribution in [0.25, 0.3) is 0 Å². The molecule has 1 heterocycles. The lowest BCUT2D eigenvalue weighted by atomic mass is 9.76. The molecule has 0 bridgehead atoms. The molecule has 5 rings (SSSR count). The quantitative estimate of drug-likeness (QED) is 0.539. The zero-order valence-corrected chi connectivity index (χ0v) is 16.1. The third-order valence-corrected chi connectivity index (χ3v) is 6.00.